The first kappa shape index (κ1) is 12.9. The second-order valence-corrected chi connectivity index (χ2v) is 6.15. The predicted molar refractivity (Wildman–Crippen MR) is 80.9 cm³/mol. The summed E-state index contributed by atoms with van der Waals surface area (Å²) in [7, 11) is -1.18. The number of aryl methyl sites for hydroxylation is 1. The zero-order valence-electron chi connectivity index (χ0n) is 11.1. The fraction of sp³-hybridized carbons (Fsp3) is 0.133. The summed E-state index contributed by atoms with van der Waals surface area (Å²) in [5, 5.41) is 0. The van der Waals surface area contributed by atoms with Gasteiger partial charge in [0, 0.05) is 18.1 Å². The molecule has 0 bridgehead atoms. The Morgan fingerprint density at radius 2 is 2.15 bits per heavy atom. The maximum Gasteiger partial charge on any atom is 0.137 e. The summed E-state index contributed by atoms with van der Waals surface area (Å²) < 4.78 is 14.4. The van der Waals surface area contributed by atoms with Crippen LogP contribution >= 0.6 is 0 Å². The van der Waals surface area contributed by atoms with E-state index in [9.17, 15) is 4.21 Å². The molecule has 0 saturated carbocycles. The SMILES string of the molecule is Cc1ccc(N)c(S(=O)Cc2cn3ccccc3n2)c1. The molecule has 3 rings (SSSR count). The van der Waals surface area contributed by atoms with Gasteiger partial charge >= 0.3 is 0 Å². The number of pyridine rings is 1. The summed E-state index contributed by atoms with van der Waals surface area (Å²) >= 11 is 0. The molecule has 1 aromatic carbocycles. The number of fused-ring (bicyclic) bond motifs is 1. The van der Waals surface area contributed by atoms with Gasteiger partial charge in [-0.2, -0.15) is 0 Å². The summed E-state index contributed by atoms with van der Waals surface area (Å²) in [4.78, 5) is 5.14. The van der Waals surface area contributed by atoms with Gasteiger partial charge in [0.25, 0.3) is 0 Å². The van der Waals surface area contributed by atoms with Crippen molar-refractivity contribution in [2.75, 3.05) is 5.73 Å². The van der Waals surface area contributed by atoms with Crippen LogP contribution in [0.3, 0.4) is 0 Å². The molecule has 1 unspecified atom stereocenters. The third kappa shape index (κ3) is 2.44. The molecule has 102 valence electrons. The van der Waals surface area contributed by atoms with Gasteiger partial charge in [-0.15, -0.1) is 0 Å². The average molecular weight is 285 g/mol. The Morgan fingerprint density at radius 3 is 2.95 bits per heavy atom. The van der Waals surface area contributed by atoms with Crippen molar-refractivity contribution in [3.05, 3.63) is 60.0 Å². The van der Waals surface area contributed by atoms with Gasteiger partial charge in [0.2, 0.25) is 0 Å². The molecule has 0 radical (unpaired) electrons. The lowest BCUT2D eigenvalue weighted by molar-refractivity contribution is 0.682. The van der Waals surface area contributed by atoms with E-state index < -0.39 is 10.8 Å². The Morgan fingerprint density at radius 1 is 1.30 bits per heavy atom. The minimum atomic E-state index is -1.18. The van der Waals surface area contributed by atoms with Crippen LogP contribution in [0.5, 0.6) is 0 Å². The monoisotopic (exact) mass is 285 g/mol. The molecule has 0 aliphatic carbocycles. The van der Waals surface area contributed by atoms with Crippen molar-refractivity contribution in [1.82, 2.24) is 9.38 Å². The van der Waals surface area contributed by atoms with Gasteiger partial charge in [-0.3, -0.25) is 4.21 Å². The van der Waals surface area contributed by atoms with Crippen LogP contribution in [-0.2, 0) is 16.6 Å². The summed E-state index contributed by atoms with van der Waals surface area (Å²) in [6, 6.07) is 11.4. The molecule has 0 aliphatic heterocycles. The fourth-order valence-corrected chi connectivity index (χ4v) is 3.32. The molecule has 0 aliphatic rings. The summed E-state index contributed by atoms with van der Waals surface area (Å²) in [5.41, 5.74) is 9.18. The standard InChI is InChI=1S/C15H15N3OS/c1-11-5-6-13(16)14(8-11)20(19)10-12-9-18-7-3-2-4-15(18)17-12/h2-9H,10,16H2,1H3. The van der Waals surface area contributed by atoms with E-state index in [1.807, 2.05) is 54.0 Å². The molecular weight excluding hydrogens is 270 g/mol. The quantitative estimate of drug-likeness (QED) is 0.752. The molecule has 3 aromatic rings. The van der Waals surface area contributed by atoms with Gasteiger partial charge in [-0.25, -0.2) is 4.98 Å². The van der Waals surface area contributed by atoms with E-state index in [2.05, 4.69) is 4.98 Å². The minimum Gasteiger partial charge on any atom is -0.398 e. The van der Waals surface area contributed by atoms with Crippen molar-refractivity contribution >= 4 is 22.1 Å². The molecule has 4 nitrogen and oxygen atoms in total. The lowest BCUT2D eigenvalue weighted by Crippen LogP contribution is -2.01. The predicted octanol–water partition coefficient (Wildman–Crippen LogP) is 2.53. The molecule has 0 amide bonds. The molecular formula is C15H15N3OS. The van der Waals surface area contributed by atoms with E-state index in [1.54, 1.807) is 6.07 Å². The van der Waals surface area contributed by atoms with E-state index in [-0.39, 0.29) is 0 Å². The van der Waals surface area contributed by atoms with Crippen molar-refractivity contribution in [2.24, 2.45) is 0 Å². The number of hydrogen-bond acceptors (Lipinski definition) is 3. The number of nitrogens with two attached hydrogens (primary N) is 1. The minimum absolute atomic E-state index is 0.370. The van der Waals surface area contributed by atoms with Gasteiger partial charge in [0.05, 0.1) is 27.1 Å². The third-order valence-corrected chi connectivity index (χ3v) is 4.51. The third-order valence-electron chi connectivity index (χ3n) is 3.11. The van der Waals surface area contributed by atoms with E-state index >= 15 is 0 Å². The van der Waals surface area contributed by atoms with Crippen molar-refractivity contribution in [3.8, 4) is 0 Å². The second kappa shape index (κ2) is 5.09. The number of nitrogens with zero attached hydrogens (tertiary/aromatic N) is 2. The van der Waals surface area contributed by atoms with Crippen molar-refractivity contribution < 1.29 is 4.21 Å². The normalized spacial score (nSPS) is 12.7. The van der Waals surface area contributed by atoms with Crippen LogP contribution in [0, 0.1) is 6.92 Å². The first-order chi connectivity index (χ1) is 9.63. The Balaban J connectivity index is 1.90. The number of nitrogen functional groups attached to an aromatic ring is 1. The van der Waals surface area contributed by atoms with Crippen LogP contribution in [0.1, 0.15) is 11.3 Å². The number of aromatic nitrogens is 2. The zero-order chi connectivity index (χ0) is 14.1. The van der Waals surface area contributed by atoms with Crippen molar-refractivity contribution in [1.29, 1.82) is 0 Å². The Hall–Kier alpha value is -2.14. The molecule has 2 heterocycles. The average Bonchev–Trinajstić information content (AvgIpc) is 2.83. The highest BCUT2D eigenvalue weighted by molar-refractivity contribution is 7.84. The van der Waals surface area contributed by atoms with Gasteiger partial charge < -0.3 is 10.1 Å². The molecule has 0 spiro atoms. The first-order valence-corrected chi connectivity index (χ1v) is 7.62. The van der Waals surface area contributed by atoms with Crippen LogP contribution in [0.15, 0.2) is 53.7 Å². The van der Waals surface area contributed by atoms with Crippen LogP contribution in [-0.4, -0.2) is 13.6 Å². The summed E-state index contributed by atoms with van der Waals surface area (Å²) in [5.74, 6) is 0.370. The summed E-state index contributed by atoms with van der Waals surface area (Å²) in [6.07, 6.45) is 3.83. The first-order valence-electron chi connectivity index (χ1n) is 6.30. The number of benzene rings is 1. The van der Waals surface area contributed by atoms with Crippen LogP contribution in [0.4, 0.5) is 5.69 Å². The van der Waals surface area contributed by atoms with E-state index in [0.29, 0.717) is 16.3 Å². The topological polar surface area (TPSA) is 60.4 Å². The second-order valence-electron chi connectivity index (χ2n) is 4.73. The number of hydrogen-bond donors (Lipinski definition) is 1. The molecule has 2 aromatic heterocycles. The van der Waals surface area contributed by atoms with Gasteiger partial charge in [-0.1, -0.05) is 12.1 Å². The Kier molecular flexibility index (Phi) is 3.28. The van der Waals surface area contributed by atoms with E-state index in [4.69, 9.17) is 5.73 Å². The van der Waals surface area contributed by atoms with E-state index in [0.717, 1.165) is 16.9 Å². The zero-order valence-corrected chi connectivity index (χ0v) is 11.9. The molecule has 2 N–H and O–H groups in total. The van der Waals surface area contributed by atoms with E-state index in [1.165, 1.54) is 0 Å². The van der Waals surface area contributed by atoms with Crippen LogP contribution in [0.25, 0.3) is 5.65 Å². The maximum absolute atomic E-state index is 12.4. The highest BCUT2D eigenvalue weighted by Crippen LogP contribution is 2.20. The fourth-order valence-electron chi connectivity index (χ4n) is 2.11. The summed E-state index contributed by atoms with van der Waals surface area (Å²) in [6.45, 7) is 1.96. The highest BCUT2D eigenvalue weighted by Gasteiger charge is 2.11. The largest absolute Gasteiger partial charge is 0.398 e. The Labute approximate surface area is 119 Å². The van der Waals surface area contributed by atoms with Gasteiger partial charge in [0.15, 0.2) is 0 Å². The van der Waals surface area contributed by atoms with Crippen LogP contribution in [0.2, 0.25) is 0 Å². The lowest BCUT2D eigenvalue weighted by Gasteiger charge is -2.05. The van der Waals surface area contributed by atoms with Gasteiger partial charge in [-0.05, 0) is 36.8 Å². The van der Waals surface area contributed by atoms with Crippen LogP contribution < -0.4 is 5.73 Å². The molecule has 20 heavy (non-hydrogen) atoms. The number of imidazole rings is 1. The highest BCUT2D eigenvalue weighted by atomic mass is 32.2. The van der Waals surface area contributed by atoms with Crippen molar-refractivity contribution in [2.45, 2.75) is 17.6 Å². The molecule has 5 heteroatoms. The lowest BCUT2D eigenvalue weighted by atomic mass is 10.2. The number of anilines is 1. The molecule has 1 atom stereocenters. The smallest absolute Gasteiger partial charge is 0.137 e. The van der Waals surface area contributed by atoms with Crippen molar-refractivity contribution in [3.63, 3.8) is 0 Å². The maximum atomic E-state index is 12.4. The van der Waals surface area contributed by atoms with Gasteiger partial charge in [0.1, 0.15) is 5.65 Å². The molecule has 0 fully saturated rings. The number of rotatable bonds is 3. The molecule has 0 saturated heterocycles. The Bertz CT molecular complexity index is 762.